The molecule has 1 N–H and O–H groups in total. The van der Waals surface area contributed by atoms with Gasteiger partial charge in [0.15, 0.2) is 0 Å². The van der Waals surface area contributed by atoms with Gasteiger partial charge in [-0.25, -0.2) is 0 Å². The Morgan fingerprint density at radius 1 is 1.33 bits per heavy atom. The lowest BCUT2D eigenvalue weighted by Crippen LogP contribution is -2.35. The number of halogens is 1. The van der Waals surface area contributed by atoms with Gasteiger partial charge in [0.05, 0.1) is 22.4 Å². The molecule has 0 radical (unpaired) electrons. The summed E-state index contributed by atoms with van der Waals surface area (Å²) in [6.07, 6.45) is 3.07. The smallest absolute Gasteiger partial charge is 0.0767 e. The molecule has 0 aliphatic rings. The van der Waals surface area contributed by atoms with Crippen LogP contribution in [0.2, 0.25) is 0 Å². The zero-order chi connectivity index (χ0) is 15.6. The molecular formula is C16H25BrN4. The van der Waals surface area contributed by atoms with E-state index in [9.17, 15) is 0 Å². The maximum Gasteiger partial charge on any atom is 0.0767 e. The SMILES string of the molecule is CCc1nn(C)c(Cn2cccc2CNC(C)(C)C)c1Br. The number of hydrogen-bond acceptors (Lipinski definition) is 2. The highest BCUT2D eigenvalue weighted by Crippen LogP contribution is 2.23. The van der Waals surface area contributed by atoms with Gasteiger partial charge in [-0.15, -0.1) is 0 Å². The molecule has 4 nitrogen and oxygen atoms in total. The van der Waals surface area contributed by atoms with Gasteiger partial charge in [0.2, 0.25) is 0 Å². The Bertz CT molecular complexity index is 604. The quantitative estimate of drug-likeness (QED) is 0.893. The fourth-order valence-electron chi connectivity index (χ4n) is 2.27. The van der Waals surface area contributed by atoms with Crippen molar-refractivity contribution in [1.82, 2.24) is 19.7 Å². The Kier molecular flexibility index (Phi) is 4.94. The van der Waals surface area contributed by atoms with Crippen LogP contribution in [0.15, 0.2) is 22.8 Å². The number of aromatic nitrogens is 3. The maximum absolute atomic E-state index is 4.56. The average Bonchev–Trinajstić information content (AvgIpc) is 2.95. The second kappa shape index (κ2) is 6.36. The molecule has 0 atom stereocenters. The molecule has 0 aliphatic heterocycles. The lowest BCUT2D eigenvalue weighted by molar-refractivity contribution is 0.416. The Morgan fingerprint density at radius 3 is 2.62 bits per heavy atom. The van der Waals surface area contributed by atoms with Crippen molar-refractivity contribution in [2.75, 3.05) is 0 Å². The summed E-state index contributed by atoms with van der Waals surface area (Å²) >= 11 is 3.69. The standard InChI is InChI=1S/C16H25BrN4/c1-6-13-15(17)14(20(5)19-13)11-21-9-7-8-12(21)10-18-16(2,3)4/h7-9,18H,6,10-11H2,1-5H3. The van der Waals surface area contributed by atoms with E-state index in [0.717, 1.165) is 29.7 Å². The van der Waals surface area contributed by atoms with Crippen LogP contribution < -0.4 is 5.32 Å². The minimum absolute atomic E-state index is 0.123. The first kappa shape index (κ1) is 16.3. The predicted octanol–water partition coefficient (Wildman–Crippen LogP) is 3.48. The summed E-state index contributed by atoms with van der Waals surface area (Å²) in [5.74, 6) is 0. The van der Waals surface area contributed by atoms with Crippen LogP contribution in [0.25, 0.3) is 0 Å². The molecule has 2 aromatic heterocycles. The molecule has 0 bridgehead atoms. The highest BCUT2D eigenvalue weighted by Gasteiger charge is 2.15. The van der Waals surface area contributed by atoms with Crippen molar-refractivity contribution in [2.24, 2.45) is 7.05 Å². The fourth-order valence-corrected chi connectivity index (χ4v) is 3.01. The molecule has 0 aromatic carbocycles. The monoisotopic (exact) mass is 352 g/mol. The van der Waals surface area contributed by atoms with Crippen LogP contribution in [0.1, 0.15) is 44.8 Å². The number of aryl methyl sites for hydroxylation is 2. The first-order valence-electron chi connectivity index (χ1n) is 7.41. The van der Waals surface area contributed by atoms with Crippen molar-refractivity contribution >= 4 is 15.9 Å². The summed E-state index contributed by atoms with van der Waals surface area (Å²) < 4.78 is 5.39. The normalized spacial score (nSPS) is 12.1. The largest absolute Gasteiger partial charge is 0.344 e. The zero-order valence-electron chi connectivity index (χ0n) is 13.6. The summed E-state index contributed by atoms with van der Waals surface area (Å²) in [7, 11) is 2.01. The first-order chi connectivity index (χ1) is 9.81. The summed E-state index contributed by atoms with van der Waals surface area (Å²) in [6.45, 7) is 10.4. The minimum Gasteiger partial charge on any atom is -0.344 e. The second-order valence-corrected chi connectivity index (χ2v) is 7.21. The van der Waals surface area contributed by atoms with Crippen LogP contribution in [-0.2, 0) is 26.6 Å². The van der Waals surface area contributed by atoms with Gasteiger partial charge in [-0.2, -0.15) is 5.10 Å². The lowest BCUT2D eigenvalue weighted by Gasteiger charge is -2.21. The molecule has 2 heterocycles. The lowest BCUT2D eigenvalue weighted by atomic mass is 10.1. The number of hydrogen-bond donors (Lipinski definition) is 1. The van der Waals surface area contributed by atoms with Crippen LogP contribution in [-0.4, -0.2) is 19.9 Å². The summed E-state index contributed by atoms with van der Waals surface area (Å²) in [6, 6.07) is 4.27. The first-order valence-corrected chi connectivity index (χ1v) is 8.20. The van der Waals surface area contributed by atoms with Crippen LogP contribution >= 0.6 is 15.9 Å². The van der Waals surface area contributed by atoms with Gasteiger partial charge in [0.1, 0.15) is 0 Å². The van der Waals surface area contributed by atoms with E-state index in [1.54, 1.807) is 0 Å². The van der Waals surface area contributed by atoms with Crippen molar-refractivity contribution in [3.05, 3.63) is 39.9 Å². The molecule has 0 fully saturated rings. The summed E-state index contributed by atoms with van der Waals surface area (Å²) in [4.78, 5) is 0. The van der Waals surface area contributed by atoms with E-state index in [0.29, 0.717) is 0 Å². The van der Waals surface area contributed by atoms with Crippen LogP contribution in [0.5, 0.6) is 0 Å². The van der Waals surface area contributed by atoms with Crippen molar-refractivity contribution in [1.29, 1.82) is 0 Å². The van der Waals surface area contributed by atoms with Gasteiger partial charge in [0.25, 0.3) is 0 Å². The maximum atomic E-state index is 4.56. The molecule has 116 valence electrons. The molecule has 2 rings (SSSR count). The average molecular weight is 353 g/mol. The number of nitrogens with one attached hydrogen (secondary N) is 1. The second-order valence-electron chi connectivity index (χ2n) is 6.42. The van der Waals surface area contributed by atoms with E-state index < -0.39 is 0 Å². The van der Waals surface area contributed by atoms with E-state index in [4.69, 9.17) is 0 Å². The molecular weight excluding hydrogens is 328 g/mol. The third-order valence-corrected chi connectivity index (χ3v) is 4.46. The van der Waals surface area contributed by atoms with Crippen molar-refractivity contribution in [2.45, 2.75) is 52.7 Å². The molecule has 0 saturated carbocycles. The Morgan fingerprint density at radius 2 is 2.05 bits per heavy atom. The van der Waals surface area contributed by atoms with Gasteiger partial charge in [-0.3, -0.25) is 4.68 Å². The van der Waals surface area contributed by atoms with E-state index in [-0.39, 0.29) is 5.54 Å². The minimum atomic E-state index is 0.123. The van der Waals surface area contributed by atoms with E-state index in [1.807, 2.05) is 11.7 Å². The van der Waals surface area contributed by atoms with Gasteiger partial charge >= 0.3 is 0 Å². The van der Waals surface area contributed by atoms with Gasteiger partial charge in [-0.1, -0.05) is 6.92 Å². The molecule has 0 amide bonds. The Labute approximate surface area is 135 Å². The van der Waals surface area contributed by atoms with Crippen molar-refractivity contribution in [3.8, 4) is 0 Å². The molecule has 5 heteroatoms. The summed E-state index contributed by atoms with van der Waals surface area (Å²) in [5.41, 5.74) is 3.74. The molecule has 21 heavy (non-hydrogen) atoms. The fraction of sp³-hybridized carbons (Fsp3) is 0.562. The Balaban J connectivity index is 2.18. The predicted molar refractivity (Wildman–Crippen MR) is 90.4 cm³/mol. The molecule has 0 saturated heterocycles. The zero-order valence-corrected chi connectivity index (χ0v) is 15.2. The Hall–Kier alpha value is -1.07. The molecule has 2 aromatic rings. The highest BCUT2D eigenvalue weighted by atomic mass is 79.9. The van der Waals surface area contributed by atoms with Crippen molar-refractivity contribution in [3.63, 3.8) is 0 Å². The summed E-state index contributed by atoms with van der Waals surface area (Å²) in [5, 5.41) is 8.11. The third kappa shape index (κ3) is 3.98. The molecule has 0 aliphatic carbocycles. The molecule has 0 unspecified atom stereocenters. The number of rotatable bonds is 5. The van der Waals surface area contributed by atoms with Crippen LogP contribution in [0.3, 0.4) is 0 Å². The van der Waals surface area contributed by atoms with E-state index in [1.165, 1.54) is 11.4 Å². The molecule has 0 spiro atoms. The third-order valence-electron chi connectivity index (χ3n) is 3.55. The van der Waals surface area contributed by atoms with Crippen LogP contribution in [0.4, 0.5) is 0 Å². The van der Waals surface area contributed by atoms with E-state index >= 15 is 0 Å². The topological polar surface area (TPSA) is 34.8 Å². The van der Waals surface area contributed by atoms with Gasteiger partial charge < -0.3 is 9.88 Å². The van der Waals surface area contributed by atoms with Crippen molar-refractivity contribution < 1.29 is 0 Å². The number of nitrogens with zero attached hydrogens (tertiary/aromatic N) is 3. The van der Waals surface area contributed by atoms with E-state index in [2.05, 4.69) is 76.9 Å². The van der Waals surface area contributed by atoms with Crippen LogP contribution in [0, 0.1) is 0 Å². The van der Waals surface area contributed by atoms with Gasteiger partial charge in [0, 0.05) is 31.0 Å². The van der Waals surface area contributed by atoms with Gasteiger partial charge in [-0.05, 0) is 55.3 Å². The highest BCUT2D eigenvalue weighted by molar-refractivity contribution is 9.10.